The van der Waals surface area contributed by atoms with E-state index in [2.05, 4.69) is 19.9 Å². The van der Waals surface area contributed by atoms with Crippen molar-refractivity contribution >= 4 is 5.78 Å². The average Bonchev–Trinajstić information content (AvgIpc) is 2.43. The van der Waals surface area contributed by atoms with Crippen LogP contribution < -0.4 is 0 Å². The number of ketones is 1. The van der Waals surface area contributed by atoms with Crippen LogP contribution in [0, 0.1) is 11.3 Å². The summed E-state index contributed by atoms with van der Waals surface area (Å²) >= 11 is 0. The normalized spacial score (nSPS) is 42.5. The molecule has 0 aromatic carbocycles. The number of carbonyl (C=O) groups is 1. The molecule has 2 aliphatic rings. The van der Waals surface area contributed by atoms with Crippen LogP contribution in [-0.2, 0) is 4.79 Å². The summed E-state index contributed by atoms with van der Waals surface area (Å²) in [5.41, 5.74) is 1.77. The van der Waals surface area contributed by atoms with Crippen molar-refractivity contribution in [2.24, 2.45) is 11.3 Å². The Labute approximate surface area is 80.2 Å². The summed E-state index contributed by atoms with van der Waals surface area (Å²) < 4.78 is 0. The molecule has 2 atom stereocenters. The smallest absolute Gasteiger partial charge is 0.136 e. The second-order valence-electron chi connectivity index (χ2n) is 4.64. The summed E-state index contributed by atoms with van der Waals surface area (Å²) in [6, 6.07) is 0. The molecule has 0 aliphatic heterocycles. The van der Waals surface area contributed by atoms with Crippen LogP contribution in [0.1, 0.15) is 46.0 Å². The maximum atomic E-state index is 11.7. The monoisotopic (exact) mass is 178 g/mol. The Morgan fingerprint density at radius 2 is 2.23 bits per heavy atom. The van der Waals surface area contributed by atoms with E-state index in [1.54, 1.807) is 0 Å². The molecule has 0 saturated heterocycles. The highest BCUT2D eigenvalue weighted by molar-refractivity contribution is 5.83. The zero-order valence-corrected chi connectivity index (χ0v) is 8.60. The lowest BCUT2D eigenvalue weighted by atomic mass is 9.67. The van der Waals surface area contributed by atoms with Crippen LogP contribution in [0.5, 0.6) is 0 Å². The van der Waals surface area contributed by atoms with Crippen molar-refractivity contribution in [2.75, 3.05) is 0 Å². The van der Waals surface area contributed by atoms with Crippen molar-refractivity contribution in [1.82, 2.24) is 0 Å². The maximum Gasteiger partial charge on any atom is 0.136 e. The molecule has 13 heavy (non-hydrogen) atoms. The van der Waals surface area contributed by atoms with Gasteiger partial charge >= 0.3 is 0 Å². The lowest BCUT2D eigenvalue weighted by Crippen LogP contribution is -2.33. The molecule has 72 valence electrons. The second kappa shape index (κ2) is 2.97. The van der Waals surface area contributed by atoms with Crippen LogP contribution in [0.2, 0.25) is 0 Å². The highest BCUT2D eigenvalue weighted by Gasteiger charge is 2.47. The van der Waals surface area contributed by atoms with E-state index in [1.165, 1.54) is 12.0 Å². The van der Waals surface area contributed by atoms with Gasteiger partial charge in [0.2, 0.25) is 0 Å². The minimum absolute atomic E-state index is 0.240. The molecule has 0 aromatic rings. The van der Waals surface area contributed by atoms with Gasteiger partial charge < -0.3 is 0 Å². The Kier molecular flexibility index (Phi) is 2.05. The number of Topliss-reactive ketones (excluding diaryl/α,β-unsaturated/α-hetero) is 1. The van der Waals surface area contributed by atoms with Crippen molar-refractivity contribution in [2.45, 2.75) is 46.0 Å². The van der Waals surface area contributed by atoms with E-state index in [-0.39, 0.29) is 5.41 Å². The summed E-state index contributed by atoms with van der Waals surface area (Å²) in [7, 11) is 0. The number of allylic oxidation sites excluding steroid dienone is 2. The summed E-state index contributed by atoms with van der Waals surface area (Å²) in [6.45, 7) is 4.40. The Hall–Kier alpha value is -0.590. The predicted octanol–water partition coefficient (Wildman–Crippen LogP) is 3.10. The van der Waals surface area contributed by atoms with Gasteiger partial charge in [-0.1, -0.05) is 18.6 Å². The first-order valence-corrected chi connectivity index (χ1v) is 5.37. The molecule has 0 heterocycles. The molecule has 0 radical (unpaired) electrons. The highest BCUT2D eigenvalue weighted by atomic mass is 16.1. The molecule has 0 bridgehead atoms. The Bertz CT molecular complexity index is 264. The van der Waals surface area contributed by atoms with Crippen molar-refractivity contribution in [3.05, 3.63) is 11.6 Å². The van der Waals surface area contributed by atoms with Gasteiger partial charge in [0.1, 0.15) is 5.78 Å². The maximum absolute atomic E-state index is 11.7. The molecule has 1 nitrogen and oxygen atoms in total. The molecule has 1 heteroatoms. The van der Waals surface area contributed by atoms with E-state index in [0.29, 0.717) is 11.7 Å². The van der Waals surface area contributed by atoms with Gasteiger partial charge in [-0.3, -0.25) is 4.79 Å². The molecule has 2 rings (SSSR count). The van der Waals surface area contributed by atoms with Gasteiger partial charge in [0.25, 0.3) is 0 Å². The van der Waals surface area contributed by atoms with Crippen LogP contribution in [0.15, 0.2) is 11.6 Å². The van der Waals surface area contributed by atoms with E-state index in [9.17, 15) is 4.79 Å². The Balaban J connectivity index is 2.34. The van der Waals surface area contributed by atoms with Crippen LogP contribution in [0.3, 0.4) is 0 Å². The number of carbonyl (C=O) groups excluding carboxylic acids is 1. The van der Waals surface area contributed by atoms with Gasteiger partial charge in [0.15, 0.2) is 0 Å². The third kappa shape index (κ3) is 1.17. The molecule has 2 fully saturated rings. The van der Waals surface area contributed by atoms with Gasteiger partial charge in [0.05, 0.1) is 0 Å². The Morgan fingerprint density at radius 1 is 1.46 bits per heavy atom. The molecular weight excluding hydrogens is 160 g/mol. The fourth-order valence-electron chi connectivity index (χ4n) is 3.26. The third-order valence-electron chi connectivity index (χ3n) is 4.06. The zero-order chi connectivity index (χ0) is 9.47. The van der Waals surface area contributed by atoms with E-state index >= 15 is 0 Å². The molecule has 0 aromatic heterocycles. The number of fused-ring (bicyclic) bond motifs is 1. The molecule has 2 saturated carbocycles. The topological polar surface area (TPSA) is 17.1 Å². The molecule has 0 unspecified atom stereocenters. The zero-order valence-electron chi connectivity index (χ0n) is 8.60. The molecular formula is C12H18O. The van der Waals surface area contributed by atoms with Crippen LogP contribution in [0.4, 0.5) is 0 Å². The Morgan fingerprint density at radius 3 is 2.92 bits per heavy atom. The number of hydrogen-bond acceptors (Lipinski definition) is 1. The van der Waals surface area contributed by atoms with E-state index < -0.39 is 0 Å². The lowest BCUT2D eigenvalue weighted by Gasteiger charge is -2.36. The fraction of sp³-hybridized carbons (Fsp3) is 0.750. The molecule has 0 N–H and O–H groups in total. The summed E-state index contributed by atoms with van der Waals surface area (Å²) in [5, 5.41) is 0. The van der Waals surface area contributed by atoms with E-state index in [1.807, 2.05) is 0 Å². The second-order valence-corrected chi connectivity index (χ2v) is 4.64. The molecule has 0 spiro atoms. The largest absolute Gasteiger partial charge is 0.299 e. The quantitative estimate of drug-likeness (QED) is 0.521. The van der Waals surface area contributed by atoms with Crippen LogP contribution in [-0.4, -0.2) is 5.78 Å². The van der Waals surface area contributed by atoms with Crippen molar-refractivity contribution in [1.29, 1.82) is 0 Å². The van der Waals surface area contributed by atoms with Crippen LogP contribution in [0.25, 0.3) is 0 Å². The summed E-state index contributed by atoms with van der Waals surface area (Å²) in [5.74, 6) is 0.873. The minimum Gasteiger partial charge on any atom is -0.299 e. The third-order valence-corrected chi connectivity index (χ3v) is 4.06. The van der Waals surface area contributed by atoms with Crippen LogP contribution >= 0.6 is 0 Å². The van der Waals surface area contributed by atoms with Gasteiger partial charge in [-0.05, 0) is 38.0 Å². The first-order valence-electron chi connectivity index (χ1n) is 5.37. The first-order chi connectivity index (χ1) is 6.18. The van der Waals surface area contributed by atoms with E-state index in [0.717, 1.165) is 25.7 Å². The molecule has 2 aliphatic carbocycles. The van der Waals surface area contributed by atoms with Gasteiger partial charge in [0, 0.05) is 12.3 Å². The predicted molar refractivity (Wildman–Crippen MR) is 53.4 cm³/mol. The summed E-state index contributed by atoms with van der Waals surface area (Å²) in [6.07, 6.45) is 7.65. The summed E-state index contributed by atoms with van der Waals surface area (Å²) in [4.78, 5) is 11.7. The molecule has 0 amide bonds. The highest BCUT2D eigenvalue weighted by Crippen LogP contribution is 2.53. The number of hydrogen-bond donors (Lipinski definition) is 0. The average molecular weight is 178 g/mol. The van der Waals surface area contributed by atoms with Crippen molar-refractivity contribution < 1.29 is 4.79 Å². The van der Waals surface area contributed by atoms with Crippen molar-refractivity contribution in [3.8, 4) is 0 Å². The standard InChI is InChI=1S/C12H18O/c1-3-9-6-7-10-11(13)5-4-8-12(9,10)2/h3,10H,4-8H2,1-2H3/b9-3-/t10-,12-/m1/s1. The fourth-order valence-corrected chi connectivity index (χ4v) is 3.26. The van der Waals surface area contributed by atoms with E-state index in [4.69, 9.17) is 0 Å². The SMILES string of the molecule is C/C=C1/CC[C@@H]2C(=O)CCC[C@]12C. The number of rotatable bonds is 0. The minimum atomic E-state index is 0.240. The van der Waals surface area contributed by atoms with Crippen molar-refractivity contribution in [3.63, 3.8) is 0 Å². The lowest BCUT2D eigenvalue weighted by molar-refractivity contribution is -0.127. The van der Waals surface area contributed by atoms with Gasteiger partial charge in [-0.2, -0.15) is 0 Å². The van der Waals surface area contributed by atoms with Gasteiger partial charge in [-0.15, -0.1) is 0 Å². The first kappa shape index (κ1) is 8.98. The van der Waals surface area contributed by atoms with Gasteiger partial charge in [-0.25, -0.2) is 0 Å².